The molecule has 0 saturated heterocycles. The highest BCUT2D eigenvalue weighted by molar-refractivity contribution is 6.04. The highest BCUT2D eigenvalue weighted by atomic mass is 16.5. The van der Waals surface area contributed by atoms with Crippen LogP contribution >= 0.6 is 0 Å². The third kappa shape index (κ3) is 4.07. The maximum atomic E-state index is 12.4. The third-order valence-electron chi connectivity index (χ3n) is 4.87. The highest BCUT2D eigenvalue weighted by Crippen LogP contribution is 2.37. The number of aromatic amines is 1. The minimum atomic E-state index is -1.05. The Morgan fingerprint density at radius 3 is 2.53 bits per heavy atom. The molecule has 2 aromatic rings. The van der Waals surface area contributed by atoms with Gasteiger partial charge in [-0.25, -0.2) is 9.59 Å². The zero-order valence-corrected chi connectivity index (χ0v) is 17.2. The van der Waals surface area contributed by atoms with Crippen LogP contribution in [0.3, 0.4) is 0 Å². The number of H-pyrrole nitrogens is 1. The van der Waals surface area contributed by atoms with Gasteiger partial charge in [0.05, 0.1) is 31.9 Å². The minimum Gasteiger partial charge on any atom is -0.466 e. The van der Waals surface area contributed by atoms with Crippen molar-refractivity contribution in [2.24, 2.45) is 0 Å². The summed E-state index contributed by atoms with van der Waals surface area (Å²) in [6.07, 6.45) is 0.677. The topological polar surface area (TPSA) is 109 Å². The van der Waals surface area contributed by atoms with Gasteiger partial charge in [-0.05, 0) is 44.1 Å². The first-order chi connectivity index (χ1) is 14.4. The van der Waals surface area contributed by atoms with E-state index in [0.717, 1.165) is 11.1 Å². The quantitative estimate of drug-likeness (QED) is 0.701. The predicted octanol–water partition coefficient (Wildman–Crippen LogP) is 3.64. The Labute approximate surface area is 174 Å². The number of ether oxygens (including phenoxy) is 2. The van der Waals surface area contributed by atoms with E-state index >= 15 is 0 Å². The molecule has 8 heteroatoms. The molecule has 0 unspecified atom stereocenters. The van der Waals surface area contributed by atoms with E-state index in [1.807, 2.05) is 18.2 Å². The number of benzene rings is 1. The molecule has 0 radical (unpaired) electrons. The van der Waals surface area contributed by atoms with Gasteiger partial charge in [0.25, 0.3) is 0 Å². The third-order valence-corrected chi connectivity index (χ3v) is 4.87. The van der Waals surface area contributed by atoms with Crippen LogP contribution in [0.2, 0.25) is 0 Å². The zero-order valence-electron chi connectivity index (χ0n) is 17.2. The van der Waals surface area contributed by atoms with Crippen molar-refractivity contribution in [3.63, 3.8) is 0 Å². The number of aromatic nitrogens is 1. The smallest absolute Gasteiger partial charge is 0.412 e. The number of carbonyl (C=O) groups is 3. The van der Waals surface area contributed by atoms with Crippen LogP contribution in [0.5, 0.6) is 0 Å². The Morgan fingerprint density at radius 1 is 1.17 bits per heavy atom. The lowest BCUT2D eigenvalue weighted by Gasteiger charge is -2.11. The summed E-state index contributed by atoms with van der Waals surface area (Å²) in [6, 6.07) is 7.22. The molecule has 0 spiro atoms. The molecule has 0 bridgehead atoms. The standard InChI is InChI=1S/C22H24N2O6/c1-4-29-19(25)11-17-16(13(3)23-20(17)21(26)30-5-2)10-14-12-24(22(27)28)18-9-7-6-8-15(14)18/h6-10,23H,4-5,11-12H2,1-3H3,(H,27,28). The van der Waals surface area contributed by atoms with Gasteiger partial charge >= 0.3 is 18.0 Å². The number of carbonyl (C=O) groups excluding carboxylic acids is 2. The number of hydrogen-bond acceptors (Lipinski definition) is 5. The van der Waals surface area contributed by atoms with Gasteiger partial charge in [-0.2, -0.15) is 0 Å². The normalized spacial score (nSPS) is 14.0. The van der Waals surface area contributed by atoms with Gasteiger partial charge in [0.15, 0.2) is 0 Å². The average molecular weight is 412 g/mol. The molecule has 2 N–H and O–H groups in total. The fourth-order valence-electron chi connectivity index (χ4n) is 3.59. The van der Waals surface area contributed by atoms with E-state index in [9.17, 15) is 19.5 Å². The summed E-state index contributed by atoms with van der Waals surface area (Å²) in [7, 11) is 0. The Hall–Kier alpha value is -3.55. The highest BCUT2D eigenvalue weighted by Gasteiger charge is 2.29. The maximum absolute atomic E-state index is 12.4. The molecule has 0 saturated carbocycles. The van der Waals surface area contributed by atoms with E-state index in [4.69, 9.17) is 9.47 Å². The van der Waals surface area contributed by atoms with Crippen LogP contribution in [0.25, 0.3) is 11.6 Å². The van der Waals surface area contributed by atoms with Crippen molar-refractivity contribution < 1.29 is 29.0 Å². The van der Waals surface area contributed by atoms with Gasteiger partial charge < -0.3 is 19.6 Å². The van der Waals surface area contributed by atoms with E-state index in [1.54, 1.807) is 32.9 Å². The molecule has 1 aromatic carbocycles. The number of hydrogen-bond donors (Lipinski definition) is 2. The summed E-state index contributed by atoms with van der Waals surface area (Å²) in [5.74, 6) is -1.01. The van der Waals surface area contributed by atoms with Crippen molar-refractivity contribution >= 4 is 35.4 Å². The molecular formula is C22H24N2O6. The fourth-order valence-corrected chi connectivity index (χ4v) is 3.59. The summed E-state index contributed by atoms with van der Waals surface area (Å²) in [5.41, 5.74) is 4.18. The van der Waals surface area contributed by atoms with E-state index < -0.39 is 18.0 Å². The van der Waals surface area contributed by atoms with Crippen LogP contribution in [-0.4, -0.2) is 47.9 Å². The summed E-state index contributed by atoms with van der Waals surface area (Å²) in [5, 5.41) is 9.54. The largest absolute Gasteiger partial charge is 0.466 e. The average Bonchev–Trinajstić information content (AvgIpc) is 3.22. The lowest BCUT2D eigenvalue weighted by atomic mass is 10.00. The van der Waals surface area contributed by atoms with Crippen molar-refractivity contribution in [2.75, 3.05) is 24.7 Å². The summed E-state index contributed by atoms with van der Waals surface area (Å²) >= 11 is 0. The van der Waals surface area contributed by atoms with Gasteiger partial charge in [-0.3, -0.25) is 9.69 Å². The van der Waals surface area contributed by atoms with Crippen LogP contribution in [-0.2, 0) is 20.7 Å². The molecule has 0 fully saturated rings. The molecule has 158 valence electrons. The van der Waals surface area contributed by atoms with E-state index in [0.29, 0.717) is 22.5 Å². The van der Waals surface area contributed by atoms with Crippen LogP contribution in [0, 0.1) is 6.92 Å². The molecule has 1 aliphatic heterocycles. The van der Waals surface area contributed by atoms with Crippen molar-refractivity contribution in [3.05, 3.63) is 52.3 Å². The Bertz CT molecular complexity index is 1020. The Kier molecular flexibility index (Phi) is 6.25. The molecule has 0 atom stereocenters. The van der Waals surface area contributed by atoms with Gasteiger partial charge in [0.1, 0.15) is 5.69 Å². The molecule has 2 heterocycles. The van der Waals surface area contributed by atoms with E-state index in [-0.39, 0.29) is 31.9 Å². The second-order valence-electron chi connectivity index (χ2n) is 6.77. The molecule has 0 aliphatic carbocycles. The van der Waals surface area contributed by atoms with Crippen molar-refractivity contribution in [1.29, 1.82) is 0 Å². The number of nitrogens with zero attached hydrogens (tertiary/aromatic N) is 1. The van der Waals surface area contributed by atoms with Gasteiger partial charge in [0.2, 0.25) is 0 Å². The second kappa shape index (κ2) is 8.86. The fraction of sp³-hybridized carbons (Fsp3) is 0.318. The maximum Gasteiger partial charge on any atom is 0.412 e. The van der Waals surface area contributed by atoms with Crippen molar-refractivity contribution in [3.8, 4) is 0 Å². The lowest BCUT2D eigenvalue weighted by Crippen LogP contribution is -2.26. The number of aryl methyl sites for hydroxylation is 1. The van der Waals surface area contributed by atoms with Gasteiger partial charge in [0, 0.05) is 16.8 Å². The molecule has 8 nitrogen and oxygen atoms in total. The monoisotopic (exact) mass is 412 g/mol. The second-order valence-corrected chi connectivity index (χ2v) is 6.77. The number of nitrogens with one attached hydrogen (secondary N) is 1. The molecule has 3 rings (SSSR count). The molecule has 1 amide bonds. The summed E-state index contributed by atoms with van der Waals surface area (Å²) in [6.45, 7) is 5.82. The first-order valence-electron chi connectivity index (χ1n) is 9.71. The van der Waals surface area contributed by atoms with Gasteiger partial charge in [-0.15, -0.1) is 0 Å². The van der Waals surface area contributed by atoms with Gasteiger partial charge in [-0.1, -0.05) is 18.2 Å². The first kappa shape index (κ1) is 21.2. The summed E-state index contributed by atoms with van der Waals surface area (Å²) in [4.78, 5) is 40.6. The molecule has 30 heavy (non-hydrogen) atoms. The van der Waals surface area contributed by atoms with E-state index in [2.05, 4.69) is 4.98 Å². The minimum absolute atomic E-state index is 0.101. The van der Waals surface area contributed by atoms with Crippen LogP contribution in [0.15, 0.2) is 24.3 Å². The van der Waals surface area contributed by atoms with Crippen molar-refractivity contribution in [1.82, 2.24) is 4.98 Å². The summed E-state index contributed by atoms with van der Waals surface area (Å²) < 4.78 is 10.2. The Morgan fingerprint density at radius 2 is 1.87 bits per heavy atom. The first-order valence-corrected chi connectivity index (χ1v) is 9.71. The number of carboxylic acid groups (broad SMARTS) is 1. The lowest BCUT2D eigenvalue weighted by molar-refractivity contribution is -0.142. The number of fused-ring (bicyclic) bond motifs is 1. The molecule has 1 aromatic heterocycles. The number of amides is 1. The number of esters is 2. The number of anilines is 1. The Balaban J connectivity index is 2.10. The van der Waals surface area contributed by atoms with Crippen LogP contribution < -0.4 is 4.90 Å². The van der Waals surface area contributed by atoms with Crippen LogP contribution in [0.1, 0.15) is 46.7 Å². The van der Waals surface area contributed by atoms with E-state index in [1.165, 1.54) is 4.90 Å². The molecular weight excluding hydrogens is 388 g/mol. The van der Waals surface area contributed by atoms with Crippen LogP contribution in [0.4, 0.5) is 10.5 Å². The van der Waals surface area contributed by atoms with Crippen molar-refractivity contribution in [2.45, 2.75) is 27.2 Å². The zero-order chi connectivity index (χ0) is 21.8. The SMILES string of the molecule is CCOC(=O)Cc1c(C(=O)OCC)[nH]c(C)c1C=C1CN(C(=O)O)c2ccccc21. The molecule has 1 aliphatic rings. The number of para-hydroxylation sites is 1. The number of rotatable bonds is 6. The predicted molar refractivity (Wildman–Crippen MR) is 112 cm³/mol.